The van der Waals surface area contributed by atoms with Crippen molar-refractivity contribution in [3.8, 4) is 0 Å². The van der Waals surface area contributed by atoms with Crippen LogP contribution < -0.4 is 0 Å². The van der Waals surface area contributed by atoms with Gasteiger partial charge in [-0.2, -0.15) is 0 Å². The Morgan fingerprint density at radius 3 is 2.23 bits per heavy atom. The zero-order valence-corrected chi connectivity index (χ0v) is 14.4. The smallest absolute Gasteiger partial charge is 0.223 e. The molecule has 22 heavy (non-hydrogen) atoms. The zero-order valence-electron chi connectivity index (χ0n) is 14.4. The summed E-state index contributed by atoms with van der Waals surface area (Å²) in [6.45, 7) is 7.81. The number of piperidine rings is 1. The molecule has 4 heteroatoms. The van der Waals surface area contributed by atoms with E-state index in [4.69, 9.17) is 0 Å². The SMILES string of the molecule is CN1CCC2(CC1)CCN(C(=O)CCN1CCCCCC1)C2. The van der Waals surface area contributed by atoms with Crippen LogP contribution in [0.3, 0.4) is 0 Å². The number of carbonyl (C=O) groups is 1. The molecule has 0 aliphatic carbocycles. The quantitative estimate of drug-likeness (QED) is 0.800. The van der Waals surface area contributed by atoms with E-state index in [1.165, 1.54) is 71.1 Å². The number of amides is 1. The molecule has 0 N–H and O–H groups in total. The molecule has 1 spiro atoms. The Hall–Kier alpha value is -0.610. The average Bonchev–Trinajstić information content (AvgIpc) is 2.76. The van der Waals surface area contributed by atoms with E-state index in [1.807, 2.05) is 0 Å². The lowest BCUT2D eigenvalue weighted by Gasteiger charge is -2.37. The van der Waals surface area contributed by atoms with Gasteiger partial charge in [0.15, 0.2) is 0 Å². The molecule has 1 amide bonds. The van der Waals surface area contributed by atoms with Gasteiger partial charge in [-0.25, -0.2) is 0 Å². The van der Waals surface area contributed by atoms with Gasteiger partial charge in [0, 0.05) is 26.1 Å². The summed E-state index contributed by atoms with van der Waals surface area (Å²) in [5.74, 6) is 0.403. The van der Waals surface area contributed by atoms with Gasteiger partial charge in [0.25, 0.3) is 0 Å². The molecule has 3 saturated heterocycles. The van der Waals surface area contributed by atoms with Crippen molar-refractivity contribution in [1.29, 1.82) is 0 Å². The van der Waals surface area contributed by atoms with Crippen molar-refractivity contribution in [2.24, 2.45) is 5.41 Å². The monoisotopic (exact) mass is 307 g/mol. The Bertz CT molecular complexity index is 369. The number of nitrogens with zero attached hydrogens (tertiary/aromatic N) is 3. The van der Waals surface area contributed by atoms with Gasteiger partial charge in [-0.15, -0.1) is 0 Å². The van der Waals surface area contributed by atoms with E-state index in [1.54, 1.807) is 0 Å². The first-order chi connectivity index (χ1) is 10.7. The topological polar surface area (TPSA) is 26.8 Å². The maximum Gasteiger partial charge on any atom is 0.223 e. The summed E-state index contributed by atoms with van der Waals surface area (Å²) in [6, 6.07) is 0. The van der Waals surface area contributed by atoms with Crippen molar-refractivity contribution in [3.05, 3.63) is 0 Å². The van der Waals surface area contributed by atoms with Gasteiger partial charge in [-0.05, 0) is 70.7 Å². The van der Waals surface area contributed by atoms with Crippen molar-refractivity contribution in [3.63, 3.8) is 0 Å². The summed E-state index contributed by atoms with van der Waals surface area (Å²) in [5, 5.41) is 0. The second-order valence-electron chi connectivity index (χ2n) is 7.87. The van der Waals surface area contributed by atoms with Crippen LogP contribution in [0.2, 0.25) is 0 Å². The van der Waals surface area contributed by atoms with Crippen LogP contribution >= 0.6 is 0 Å². The van der Waals surface area contributed by atoms with Crippen LogP contribution in [-0.2, 0) is 4.79 Å². The summed E-state index contributed by atoms with van der Waals surface area (Å²) in [6.07, 6.45) is 9.88. The van der Waals surface area contributed by atoms with Gasteiger partial charge in [0.05, 0.1) is 0 Å². The van der Waals surface area contributed by atoms with Crippen LogP contribution in [-0.4, -0.2) is 73.5 Å². The molecule has 0 bridgehead atoms. The first-order valence-corrected chi connectivity index (χ1v) is 9.36. The Morgan fingerprint density at radius 2 is 1.55 bits per heavy atom. The largest absolute Gasteiger partial charge is 0.342 e. The third-order valence-electron chi connectivity index (χ3n) is 6.18. The number of rotatable bonds is 3. The predicted octanol–water partition coefficient (Wildman–Crippen LogP) is 2.20. The van der Waals surface area contributed by atoms with Crippen LogP contribution in [0.5, 0.6) is 0 Å². The maximum atomic E-state index is 12.6. The maximum absolute atomic E-state index is 12.6. The molecule has 0 aromatic heterocycles. The molecule has 3 heterocycles. The minimum Gasteiger partial charge on any atom is -0.342 e. The van der Waals surface area contributed by atoms with Gasteiger partial charge in [0.2, 0.25) is 5.91 Å². The molecule has 0 unspecified atom stereocenters. The normalized spacial score (nSPS) is 27.2. The summed E-state index contributed by atoms with van der Waals surface area (Å²) in [7, 11) is 2.21. The molecule has 3 fully saturated rings. The lowest BCUT2D eigenvalue weighted by molar-refractivity contribution is -0.131. The molecule has 0 atom stereocenters. The first kappa shape index (κ1) is 16.3. The lowest BCUT2D eigenvalue weighted by atomic mass is 9.78. The fourth-order valence-corrected chi connectivity index (χ4v) is 4.42. The van der Waals surface area contributed by atoms with E-state index in [0.29, 0.717) is 11.3 Å². The van der Waals surface area contributed by atoms with Crippen LogP contribution in [0.4, 0.5) is 0 Å². The van der Waals surface area contributed by atoms with Crippen LogP contribution in [0, 0.1) is 5.41 Å². The summed E-state index contributed by atoms with van der Waals surface area (Å²) >= 11 is 0. The minimum atomic E-state index is 0.403. The number of hydrogen-bond acceptors (Lipinski definition) is 3. The van der Waals surface area contributed by atoms with Gasteiger partial charge in [-0.1, -0.05) is 12.8 Å². The third kappa shape index (κ3) is 4.02. The average molecular weight is 307 g/mol. The fourth-order valence-electron chi connectivity index (χ4n) is 4.42. The fraction of sp³-hybridized carbons (Fsp3) is 0.944. The van der Waals surface area contributed by atoms with E-state index in [-0.39, 0.29) is 0 Å². The highest BCUT2D eigenvalue weighted by molar-refractivity contribution is 5.76. The first-order valence-electron chi connectivity index (χ1n) is 9.36. The highest BCUT2D eigenvalue weighted by atomic mass is 16.2. The second kappa shape index (κ2) is 7.31. The highest BCUT2D eigenvalue weighted by Crippen LogP contribution is 2.40. The Balaban J connectivity index is 1.43. The predicted molar refractivity (Wildman–Crippen MR) is 89.9 cm³/mol. The molecule has 4 nitrogen and oxygen atoms in total. The Kier molecular flexibility index (Phi) is 5.40. The van der Waals surface area contributed by atoms with E-state index in [2.05, 4.69) is 21.7 Å². The highest BCUT2D eigenvalue weighted by Gasteiger charge is 2.41. The molecule has 3 aliphatic heterocycles. The molecule has 0 aromatic carbocycles. The van der Waals surface area contributed by atoms with Gasteiger partial charge in [-0.3, -0.25) is 4.79 Å². The second-order valence-corrected chi connectivity index (χ2v) is 7.87. The lowest BCUT2D eigenvalue weighted by Crippen LogP contribution is -2.41. The molecular formula is C18H33N3O. The van der Waals surface area contributed by atoms with Crippen molar-refractivity contribution < 1.29 is 4.79 Å². The molecule has 3 rings (SSSR count). The van der Waals surface area contributed by atoms with Crippen molar-refractivity contribution >= 4 is 5.91 Å². The van der Waals surface area contributed by atoms with E-state index < -0.39 is 0 Å². The van der Waals surface area contributed by atoms with Crippen molar-refractivity contribution in [2.75, 3.05) is 52.9 Å². The van der Waals surface area contributed by atoms with E-state index in [9.17, 15) is 4.79 Å². The Morgan fingerprint density at radius 1 is 0.909 bits per heavy atom. The minimum absolute atomic E-state index is 0.403. The molecule has 0 aromatic rings. The summed E-state index contributed by atoms with van der Waals surface area (Å²) in [5.41, 5.74) is 0.449. The molecular weight excluding hydrogens is 274 g/mol. The van der Waals surface area contributed by atoms with Crippen molar-refractivity contribution in [1.82, 2.24) is 14.7 Å². The molecule has 0 radical (unpaired) electrons. The van der Waals surface area contributed by atoms with Gasteiger partial charge in [0.1, 0.15) is 0 Å². The number of likely N-dealkylation sites (tertiary alicyclic amines) is 3. The van der Waals surface area contributed by atoms with Crippen molar-refractivity contribution in [2.45, 2.75) is 51.4 Å². The molecule has 0 saturated carbocycles. The van der Waals surface area contributed by atoms with Gasteiger partial charge >= 0.3 is 0 Å². The summed E-state index contributed by atoms with van der Waals surface area (Å²) < 4.78 is 0. The Labute approximate surface area is 135 Å². The van der Waals surface area contributed by atoms with Gasteiger partial charge < -0.3 is 14.7 Å². The van der Waals surface area contributed by atoms with Crippen LogP contribution in [0.1, 0.15) is 51.4 Å². The summed E-state index contributed by atoms with van der Waals surface area (Å²) in [4.78, 5) is 19.7. The van der Waals surface area contributed by atoms with E-state index >= 15 is 0 Å². The number of carbonyl (C=O) groups excluding carboxylic acids is 1. The van der Waals surface area contributed by atoms with E-state index in [0.717, 1.165) is 26.1 Å². The van der Waals surface area contributed by atoms with Crippen LogP contribution in [0.15, 0.2) is 0 Å². The number of hydrogen-bond donors (Lipinski definition) is 0. The zero-order chi connectivity index (χ0) is 15.4. The molecule has 126 valence electrons. The van der Waals surface area contributed by atoms with Crippen LogP contribution in [0.25, 0.3) is 0 Å². The third-order valence-corrected chi connectivity index (χ3v) is 6.18. The molecule has 3 aliphatic rings. The standard InChI is InChI=1S/C18H33N3O/c1-19-13-7-18(8-14-19)9-15-21(16-18)17(22)6-12-20-10-4-2-3-5-11-20/h2-16H2,1H3.